The lowest BCUT2D eigenvalue weighted by molar-refractivity contribution is -0.151. The van der Waals surface area contributed by atoms with Crippen molar-refractivity contribution in [1.29, 1.82) is 0 Å². The molecule has 0 saturated carbocycles. The summed E-state index contributed by atoms with van der Waals surface area (Å²) in [6.45, 7) is 3.74. The summed E-state index contributed by atoms with van der Waals surface area (Å²) in [6, 6.07) is 7.64. The average molecular weight is 279 g/mol. The number of carbonyl (C=O) groups excluding carboxylic acids is 2. The molecule has 0 bridgehead atoms. The van der Waals surface area contributed by atoms with Gasteiger partial charge in [0.05, 0.1) is 6.61 Å². The highest BCUT2D eigenvalue weighted by molar-refractivity contribution is 5.85. The summed E-state index contributed by atoms with van der Waals surface area (Å²) in [4.78, 5) is 23.6. The maximum Gasteiger partial charge on any atom is 0.331 e. The van der Waals surface area contributed by atoms with Crippen LogP contribution in [0.5, 0.6) is 0 Å². The fraction of sp³-hybridized carbons (Fsp3) is 0.467. The zero-order valence-electron chi connectivity index (χ0n) is 11.8. The topological polar surface area (TPSA) is 75.6 Å². The zero-order chi connectivity index (χ0) is 15.0. The Hall–Kier alpha value is -1.88. The summed E-state index contributed by atoms with van der Waals surface area (Å²) < 4.78 is 4.91. The number of rotatable bonds is 7. The fourth-order valence-electron chi connectivity index (χ4n) is 1.81. The molecular weight excluding hydrogens is 258 g/mol. The first-order chi connectivity index (χ1) is 9.60. The predicted octanol–water partition coefficient (Wildman–Crippen LogP) is 1.57. The predicted molar refractivity (Wildman–Crippen MR) is 74.9 cm³/mol. The number of hydrogen-bond donors (Lipinski definition) is 2. The third-order valence-corrected chi connectivity index (χ3v) is 2.79. The zero-order valence-corrected chi connectivity index (χ0v) is 11.8. The highest BCUT2D eigenvalue weighted by Crippen LogP contribution is 2.17. The monoisotopic (exact) mass is 279 g/mol. The largest absolute Gasteiger partial charge is 0.464 e. The van der Waals surface area contributed by atoms with E-state index in [1.54, 1.807) is 31.2 Å². The van der Waals surface area contributed by atoms with Crippen LogP contribution in [0.2, 0.25) is 0 Å². The Balaban J connectivity index is 2.86. The highest BCUT2D eigenvalue weighted by Gasteiger charge is 2.30. The average Bonchev–Trinajstić information content (AvgIpc) is 2.45. The number of amides is 1. The van der Waals surface area contributed by atoms with Crippen molar-refractivity contribution in [3.8, 4) is 0 Å². The van der Waals surface area contributed by atoms with E-state index in [-0.39, 0.29) is 12.5 Å². The van der Waals surface area contributed by atoms with Crippen molar-refractivity contribution in [2.24, 2.45) is 0 Å². The van der Waals surface area contributed by atoms with E-state index in [2.05, 4.69) is 5.32 Å². The number of nitrogens with one attached hydrogen (secondary N) is 1. The van der Waals surface area contributed by atoms with Crippen molar-refractivity contribution in [2.45, 2.75) is 38.8 Å². The van der Waals surface area contributed by atoms with Crippen LogP contribution in [0, 0.1) is 0 Å². The van der Waals surface area contributed by atoms with E-state index in [4.69, 9.17) is 4.74 Å². The summed E-state index contributed by atoms with van der Waals surface area (Å²) >= 11 is 0. The third-order valence-electron chi connectivity index (χ3n) is 2.79. The lowest BCUT2D eigenvalue weighted by Crippen LogP contribution is -2.45. The lowest BCUT2D eigenvalue weighted by Gasteiger charge is -2.22. The fourth-order valence-corrected chi connectivity index (χ4v) is 1.81. The Morgan fingerprint density at radius 3 is 2.45 bits per heavy atom. The first-order valence-corrected chi connectivity index (χ1v) is 6.79. The maximum absolute atomic E-state index is 11.9. The van der Waals surface area contributed by atoms with Gasteiger partial charge < -0.3 is 15.2 Å². The van der Waals surface area contributed by atoms with Gasteiger partial charge in [-0.15, -0.1) is 0 Å². The minimum absolute atomic E-state index is 0.195. The molecule has 1 aromatic carbocycles. The number of aliphatic hydroxyl groups excluding tert-OH is 1. The van der Waals surface area contributed by atoms with Gasteiger partial charge in [0.1, 0.15) is 6.10 Å². The summed E-state index contributed by atoms with van der Waals surface area (Å²) in [7, 11) is 0. The Labute approximate surface area is 118 Å². The Morgan fingerprint density at radius 2 is 1.90 bits per heavy atom. The van der Waals surface area contributed by atoms with Crippen LogP contribution in [0.25, 0.3) is 0 Å². The number of ether oxygens (including phenoxy) is 1. The minimum Gasteiger partial charge on any atom is -0.464 e. The summed E-state index contributed by atoms with van der Waals surface area (Å²) in [5.41, 5.74) is 0.558. The van der Waals surface area contributed by atoms with E-state index in [0.717, 1.165) is 0 Å². The van der Waals surface area contributed by atoms with Crippen LogP contribution in [-0.4, -0.2) is 29.6 Å². The molecule has 0 saturated heterocycles. The minimum atomic E-state index is -1.13. The van der Waals surface area contributed by atoms with E-state index in [0.29, 0.717) is 18.4 Å². The number of aliphatic hydroxyl groups is 1. The Kier molecular flexibility index (Phi) is 6.73. The van der Waals surface area contributed by atoms with Gasteiger partial charge in [-0.25, -0.2) is 4.79 Å². The molecule has 0 radical (unpaired) electrons. The molecule has 110 valence electrons. The molecule has 1 rings (SSSR count). The molecule has 1 aromatic rings. The smallest absolute Gasteiger partial charge is 0.331 e. The van der Waals surface area contributed by atoms with Crippen molar-refractivity contribution >= 4 is 11.9 Å². The van der Waals surface area contributed by atoms with E-state index in [9.17, 15) is 14.7 Å². The molecule has 0 heterocycles. The number of esters is 1. The van der Waals surface area contributed by atoms with Crippen molar-refractivity contribution in [3.63, 3.8) is 0 Å². The van der Waals surface area contributed by atoms with Crippen molar-refractivity contribution < 1.29 is 19.4 Å². The van der Waals surface area contributed by atoms with Crippen molar-refractivity contribution in [3.05, 3.63) is 35.9 Å². The SMILES string of the molecule is CCCC(=O)NC(C(=O)OCC)C(O)c1ccccc1. The molecule has 1 amide bonds. The molecule has 5 heteroatoms. The van der Waals surface area contributed by atoms with Gasteiger partial charge in [0.2, 0.25) is 5.91 Å². The molecule has 0 aliphatic heterocycles. The molecule has 2 unspecified atom stereocenters. The van der Waals surface area contributed by atoms with Crippen LogP contribution in [0.15, 0.2) is 30.3 Å². The molecule has 5 nitrogen and oxygen atoms in total. The molecule has 0 spiro atoms. The van der Waals surface area contributed by atoms with Gasteiger partial charge in [-0.2, -0.15) is 0 Å². The van der Waals surface area contributed by atoms with Gasteiger partial charge >= 0.3 is 5.97 Å². The van der Waals surface area contributed by atoms with Gasteiger partial charge in [0.25, 0.3) is 0 Å². The van der Waals surface area contributed by atoms with E-state index >= 15 is 0 Å². The number of hydrogen-bond acceptors (Lipinski definition) is 4. The van der Waals surface area contributed by atoms with Gasteiger partial charge in [0.15, 0.2) is 6.04 Å². The van der Waals surface area contributed by atoms with Crippen LogP contribution in [0.1, 0.15) is 38.4 Å². The third kappa shape index (κ3) is 4.66. The second-order valence-corrected chi connectivity index (χ2v) is 4.40. The Bertz CT molecular complexity index is 433. The van der Waals surface area contributed by atoms with Crippen molar-refractivity contribution in [2.75, 3.05) is 6.61 Å². The molecule has 2 N–H and O–H groups in total. The molecular formula is C15H21NO4. The molecule has 0 fully saturated rings. The van der Waals surface area contributed by atoms with Crippen LogP contribution < -0.4 is 5.32 Å². The van der Waals surface area contributed by atoms with Crippen LogP contribution in [0.4, 0.5) is 0 Å². The van der Waals surface area contributed by atoms with Crippen molar-refractivity contribution in [1.82, 2.24) is 5.32 Å². The standard InChI is InChI=1S/C15H21NO4/c1-3-8-12(17)16-13(15(19)20-4-2)14(18)11-9-6-5-7-10-11/h5-7,9-10,13-14,18H,3-4,8H2,1-2H3,(H,16,17). The number of benzene rings is 1. The van der Waals surface area contributed by atoms with Gasteiger partial charge in [-0.05, 0) is 18.9 Å². The lowest BCUT2D eigenvalue weighted by atomic mass is 10.0. The normalized spacial score (nSPS) is 13.3. The first kappa shape index (κ1) is 16.2. The maximum atomic E-state index is 11.9. The molecule has 20 heavy (non-hydrogen) atoms. The van der Waals surface area contributed by atoms with Crippen LogP contribution in [0.3, 0.4) is 0 Å². The molecule has 0 aliphatic carbocycles. The Morgan fingerprint density at radius 1 is 1.25 bits per heavy atom. The number of carbonyl (C=O) groups is 2. The highest BCUT2D eigenvalue weighted by atomic mass is 16.5. The quantitative estimate of drug-likeness (QED) is 0.743. The first-order valence-electron chi connectivity index (χ1n) is 6.79. The van der Waals surface area contributed by atoms with Gasteiger partial charge in [-0.3, -0.25) is 4.79 Å². The van der Waals surface area contributed by atoms with E-state index in [1.165, 1.54) is 0 Å². The second-order valence-electron chi connectivity index (χ2n) is 4.40. The molecule has 2 atom stereocenters. The summed E-state index contributed by atoms with van der Waals surface area (Å²) in [5, 5.41) is 12.8. The summed E-state index contributed by atoms with van der Waals surface area (Å²) in [5.74, 6) is -0.908. The van der Waals surface area contributed by atoms with Crippen LogP contribution in [-0.2, 0) is 14.3 Å². The molecule has 0 aliphatic rings. The van der Waals surface area contributed by atoms with Gasteiger partial charge in [-0.1, -0.05) is 37.3 Å². The van der Waals surface area contributed by atoms with Gasteiger partial charge in [0, 0.05) is 6.42 Å². The van der Waals surface area contributed by atoms with E-state index < -0.39 is 18.1 Å². The second kappa shape index (κ2) is 8.32. The van der Waals surface area contributed by atoms with E-state index in [1.807, 2.05) is 13.0 Å². The molecule has 0 aromatic heterocycles. The van der Waals surface area contributed by atoms with Crippen LogP contribution >= 0.6 is 0 Å². The summed E-state index contributed by atoms with van der Waals surface area (Å²) in [6.07, 6.45) is -0.156.